The molecule has 0 aliphatic rings. The number of benzene rings is 11. The predicted molar refractivity (Wildman–Crippen MR) is 317 cm³/mol. The summed E-state index contributed by atoms with van der Waals surface area (Å²) in [7, 11) is -3.69. The van der Waals surface area contributed by atoms with E-state index in [1.54, 1.807) is 0 Å². The van der Waals surface area contributed by atoms with Crippen LogP contribution >= 0.6 is 0 Å². The molecule has 0 aliphatic heterocycles. The highest BCUT2D eigenvalue weighted by molar-refractivity contribution is 7.19. The average molecular weight is 996 g/mol. The van der Waals surface area contributed by atoms with Crippen molar-refractivity contribution < 1.29 is 12.3 Å². The minimum absolute atomic E-state index is 0.0589. The Morgan fingerprint density at radius 2 is 0.658 bits per heavy atom. The summed E-state index contributed by atoms with van der Waals surface area (Å²) in [6.07, 6.45) is 0. The van der Waals surface area contributed by atoms with Gasteiger partial charge in [-0.2, -0.15) is 9.97 Å². The first-order valence-corrected chi connectivity index (χ1v) is 27.1. The third-order valence-corrected chi connectivity index (χ3v) is 19.4. The van der Waals surface area contributed by atoms with E-state index >= 15 is 0 Å². The Kier molecular flexibility index (Phi) is 8.17. The van der Waals surface area contributed by atoms with Crippen LogP contribution in [0.3, 0.4) is 0 Å². The lowest BCUT2D eigenvalue weighted by atomic mass is 10.1. The van der Waals surface area contributed by atoms with Crippen molar-refractivity contribution in [3.05, 3.63) is 279 Å². The summed E-state index contributed by atoms with van der Waals surface area (Å²) in [5.74, 6) is -0.680. The third-order valence-electron chi connectivity index (χ3n) is 14.8. The molecule has 0 bridgehead atoms. The Morgan fingerprint density at radius 1 is 0.289 bits per heavy atom. The molecule has 0 unspecified atom stereocenters. The number of hydrogen-bond acceptors (Lipinski definition) is 3. The molecule has 4 aromatic heterocycles. The topological polar surface area (TPSA) is 53.5 Å². The van der Waals surface area contributed by atoms with Crippen molar-refractivity contribution in [2.75, 3.05) is 0 Å². The van der Waals surface area contributed by atoms with Crippen LogP contribution in [-0.4, -0.2) is 36.7 Å². The van der Waals surface area contributed by atoms with E-state index in [1.807, 2.05) is 144 Å². The zero-order valence-electron chi connectivity index (χ0n) is 49.5. The average Bonchev–Trinajstić information content (AvgIpc) is 3.29. The van der Waals surface area contributed by atoms with Crippen LogP contribution < -0.4 is 20.7 Å². The fourth-order valence-electron chi connectivity index (χ4n) is 11.7. The molecule has 76 heavy (non-hydrogen) atoms. The predicted octanol–water partition coefficient (Wildman–Crippen LogP) is 13.9. The van der Waals surface area contributed by atoms with Gasteiger partial charge in [0.1, 0.15) is 0 Å². The normalized spacial score (nSPS) is 13.6. The zero-order valence-corrected chi connectivity index (χ0v) is 41.5. The van der Waals surface area contributed by atoms with Gasteiger partial charge in [-0.15, -0.1) is 0 Å². The number of rotatable bonds is 9. The maximum atomic E-state index is 10.2. The van der Waals surface area contributed by atoms with E-state index in [-0.39, 0.29) is 46.0 Å². The molecule has 0 fully saturated rings. The molecule has 4 heterocycles. The highest BCUT2D eigenvalue weighted by Crippen LogP contribution is 2.43. The summed E-state index contributed by atoms with van der Waals surface area (Å²) in [4.78, 5) is 15.2. The van der Waals surface area contributed by atoms with Crippen LogP contribution in [0.1, 0.15) is 12.3 Å². The summed E-state index contributed by atoms with van der Waals surface area (Å²) in [5.41, 5.74) is 6.28. The number of aromatic nitrogens is 6. The molecule has 0 amide bonds. The smallest absolute Gasteiger partial charge is 0.238 e. The summed E-state index contributed by atoms with van der Waals surface area (Å²) < 4.78 is 92.1. The van der Waals surface area contributed by atoms with Gasteiger partial charge in [0.05, 0.1) is 56.8 Å². The second kappa shape index (κ2) is 17.6. The highest BCUT2D eigenvalue weighted by Gasteiger charge is 2.41. The first-order valence-electron chi connectivity index (χ1n) is 29.6. The van der Waals surface area contributed by atoms with Gasteiger partial charge in [0.2, 0.25) is 5.95 Å². The van der Waals surface area contributed by atoms with E-state index in [2.05, 4.69) is 94.1 Å². The van der Waals surface area contributed by atoms with Crippen molar-refractivity contribution in [2.45, 2.75) is 0 Å². The Bertz CT molecular complexity index is 5050. The van der Waals surface area contributed by atoms with Crippen molar-refractivity contribution >= 4 is 94.2 Å². The molecule has 7 heteroatoms. The molecule has 0 aliphatic carbocycles. The highest BCUT2D eigenvalue weighted by atomic mass is 28.3. The first-order chi connectivity index (χ1) is 41.5. The number of hydrogen-bond donors (Lipinski definition) is 0. The van der Waals surface area contributed by atoms with Gasteiger partial charge in [-0.1, -0.05) is 242 Å². The van der Waals surface area contributed by atoms with E-state index in [9.17, 15) is 8.22 Å². The van der Waals surface area contributed by atoms with Crippen molar-refractivity contribution in [3.63, 3.8) is 0 Å². The fraction of sp³-hybridized carbons (Fsp3) is 0. The van der Waals surface area contributed by atoms with Crippen molar-refractivity contribution in [3.8, 4) is 40.1 Å². The largest absolute Gasteiger partial charge is 0.307 e. The monoisotopic (exact) mass is 995 g/mol. The Hall–Kier alpha value is -9.95. The molecule has 0 N–H and O–H groups in total. The van der Waals surface area contributed by atoms with E-state index in [4.69, 9.17) is 19.1 Å². The molecule has 11 aromatic carbocycles. The quantitative estimate of drug-likeness (QED) is 0.107. The Balaban J connectivity index is 1.06. The van der Waals surface area contributed by atoms with E-state index < -0.39 is 50.4 Å². The lowest BCUT2D eigenvalue weighted by molar-refractivity contribution is 0.950. The molecule has 15 rings (SSSR count). The number of nitrogens with zero attached hydrogens (tertiary/aromatic N) is 6. The maximum absolute atomic E-state index is 10.2. The lowest BCUT2D eigenvalue weighted by Crippen LogP contribution is -2.74. The molecular weight excluding hydrogens is 941 g/mol. The van der Waals surface area contributed by atoms with E-state index in [0.29, 0.717) is 11.0 Å². The van der Waals surface area contributed by atoms with Gasteiger partial charge in [0, 0.05) is 43.4 Å². The minimum atomic E-state index is -3.69. The number of para-hydroxylation sites is 6. The van der Waals surface area contributed by atoms with Gasteiger partial charge in [-0.25, -0.2) is 4.98 Å². The van der Waals surface area contributed by atoms with Crippen LogP contribution in [0, 0.1) is 0 Å². The molecule has 6 nitrogen and oxygen atoms in total. The Morgan fingerprint density at radius 3 is 1.14 bits per heavy atom. The second-order valence-electron chi connectivity index (χ2n) is 18.8. The van der Waals surface area contributed by atoms with Gasteiger partial charge < -0.3 is 9.13 Å². The van der Waals surface area contributed by atoms with Crippen LogP contribution in [-0.2, 0) is 0 Å². The number of fused-ring (bicyclic) bond motifs is 9. The second-order valence-corrected chi connectivity index (χ2v) is 22.5. The third kappa shape index (κ3) is 6.62. The molecule has 0 saturated heterocycles. The lowest BCUT2D eigenvalue weighted by Gasteiger charge is -2.34. The molecule has 0 saturated carbocycles. The van der Waals surface area contributed by atoms with Crippen molar-refractivity contribution in [1.29, 1.82) is 0 Å². The van der Waals surface area contributed by atoms with Gasteiger partial charge in [0.25, 0.3) is 0 Å². The standard InChI is InChI=1S/C69H46N6Si/c1-5-23-47(24-6-1)67-70-68(48-43-45-52(46-44-48)76(49-25-7-2-8-26-49,50-27-9-3-10-28-50)51-29-11-4-12-30-51)72-69(71-67)75-62-40-20-16-34-56(62)58-36-22-42-64(66(58)75)74-61-39-19-15-33-55(61)57-35-21-41-63(65(57)74)73-59-37-17-13-31-53(59)54-32-14-18-38-60(54)73/h1-46H/i1D,5D,6D,23D,24D,43D,44D,45D,46D. The van der Waals surface area contributed by atoms with Gasteiger partial charge in [-0.05, 0) is 57.1 Å². The van der Waals surface area contributed by atoms with Gasteiger partial charge in [0.15, 0.2) is 19.7 Å². The molecule has 356 valence electrons. The van der Waals surface area contributed by atoms with Crippen LogP contribution in [0.15, 0.2) is 279 Å². The summed E-state index contributed by atoms with van der Waals surface area (Å²) in [5, 5.41) is 8.65. The van der Waals surface area contributed by atoms with Gasteiger partial charge >= 0.3 is 0 Å². The van der Waals surface area contributed by atoms with Gasteiger partial charge in [-0.3, -0.25) is 4.57 Å². The Labute approximate surface area is 452 Å². The summed E-state index contributed by atoms with van der Waals surface area (Å²) in [6.45, 7) is 0. The van der Waals surface area contributed by atoms with Crippen LogP contribution in [0.25, 0.3) is 106 Å². The zero-order chi connectivity index (χ0) is 58.0. The minimum Gasteiger partial charge on any atom is -0.307 e. The van der Waals surface area contributed by atoms with Crippen molar-refractivity contribution in [1.82, 2.24) is 28.7 Å². The summed E-state index contributed by atoms with van der Waals surface area (Å²) in [6, 6.07) is 70.2. The van der Waals surface area contributed by atoms with E-state index in [1.165, 1.54) is 0 Å². The maximum Gasteiger partial charge on any atom is 0.238 e. The fourth-order valence-corrected chi connectivity index (χ4v) is 16.1. The van der Waals surface area contributed by atoms with Crippen LogP contribution in [0.4, 0.5) is 0 Å². The molecular formula is C69H46N6Si. The molecule has 0 atom stereocenters. The molecule has 0 spiro atoms. The van der Waals surface area contributed by atoms with E-state index in [0.717, 1.165) is 81.3 Å². The van der Waals surface area contributed by atoms with Crippen LogP contribution in [0.5, 0.6) is 0 Å². The first kappa shape index (κ1) is 35.2. The summed E-state index contributed by atoms with van der Waals surface area (Å²) >= 11 is 0. The van der Waals surface area contributed by atoms with Crippen LogP contribution in [0.2, 0.25) is 0 Å². The van der Waals surface area contributed by atoms with Crippen molar-refractivity contribution in [2.24, 2.45) is 0 Å². The molecule has 15 aromatic rings. The SMILES string of the molecule is [2H]c1c([2H])c([2H])c(-c2nc(-c3c([2H])c([2H])c([Si](c4ccccc4)(c4ccccc4)c4ccccc4)c([2H])c3[2H])nc(-n3c4ccccc4c4cccc(-n5c6ccccc6c6cccc(-n7c8ccccc8c8ccccc87)c65)c43)n2)c([2H])c1[2H]. The molecule has 0 radical (unpaired) electrons.